The Bertz CT molecular complexity index is 669. The Morgan fingerprint density at radius 2 is 1.96 bits per heavy atom. The highest BCUT2D eigenvalue weighted by molar-refractivity contribution is 5.35. The third-order valence-electron chi connectivity index (χ3n) is 4.56. The molecule has 0 spiro atoms. The van der Waals surface area contributed by atoms with Crippen molar-refractivity contribution in [1.29, 1.82) is 0 Å². The fourth-order valence-corrected chi connectivity index (χ4v) is 3.14. The molecule has 1 atom stereocenters. The standard InChI is InChI=1S/C18H21FN4/c19-15-5-1-13(2-6-15)11-23-10-8-16(12-23)21-17-7-9-20-18(22-17)14-3-4-14/h1-2,5-7,9,14,16H,3-4,8,10-12H2,(H,20,21,22). The summed E-state index contributed by atoms with van der Waals surface area (Å²) in [6, 6.07) is 9.15. The normalized spacial score (nSPS) is 21.5. The molecule has 2 aromatic rings. The van der Waals surface area contributed by atoms with Gasteiger partial charge in [0.2, 0.25) is 0 Å². The summed E-state index contributed by atoms with van der Waals surface area (Å²) in [5.74, 6) is 2.33. The summed E-state index contributed by atoms with van der Waals surface area (Å²) in [5, 5.41) is 3.54. The number of hydrogen-bond donors (Lipinski definition) is 1. The van der Waals surface area contributed by atoms with Gasteiger partial charge in [-0.25, -0.2) is 14.4 Å². The van der Waals surface area contributed by atoms with E-state index in [1.165, 1.54) is 25.0 Å². The van der Waals surface area contributed by atoms with Gasteiger partial charge in [-0.05, 0) is 43.0 Å². The maximum atomic E-state index is 13.0. The number of benzene rings is 1. The average molecular weight is 312 g/mol. The van der Waals surface area contributed by atoms with Gasteiger partial charge in [-0.2, -0.15) is 0 Å². The number of aromatic nitrogens is 2. The van der Waals surface area contributed by atoms with Crippen LogP contribution >= 0.6 is 0 Å². The molecular weight excluding hydrogens is 291 g/mol. The lowest BCUT2D eigenvalue weighted by Gasteiger charge is -2.17. The van der Waals surface area contributed by atoms with E-state index in [4.69, 9.17) is 0 Å². The summed E-state index contributed by atoms with van der Waals surface area (Å²) in [6.07, 6.45) is 5.40. The van der Waals surface area contributed by atoms with Gasteiger partial charge in [0.1, 0.15) is 17.5 Å². The molecule has 4 rings (SSSR count). The van der Waals surface area contributed by atoms with Gasteiger partial charge in [0.25, 0.3) is 0 Å². The Hall–Kier alpha value is -2.01. The molecule has 23 heavy (non-hydrogen) atoms. The molecule has 2 fully saturated rings. The summed E-state index contributed by atoms with van der Waals surface area (Å²) >= 11 is 0. The molecule has 120 valence electrons. The molecule has 2 aliphatic rings. The minimum atomic E-state index is -0.176. The highest BCUT2D eigenvalue weighted by atomic mass is 19.1. The molecule has 0 amide bonds. The Morgan fingerprint density at radius 1 is 1.13 bits per heavy atom. The second-order valence-electron chi connectivity index (χ2n) is 6.57. The number of nitrogens with one attached hydrogen (secondary N) is 1. The van der Waals surface area contributed by atoms with Gasteiger partial charge in [-0.3, -0.25) is 4.90 Å². The quantitative estimate of drug-likeness (QED) is 0.920. The third kappa shape index (κ3) is 3.67. The number of rotatable bonds is 5. The van der Waals surface area contributed by atoms with Crippen molar-refractivity contribution in [3.05, 3.63) is 53.7 Å². The van der Waals surface area contributed by atoms with Crippen molar-refractivity contribution in [2.75, 3.05) is 18.4 Å². The number of anilines is 1. The summed E-state index contributed by atoms with van der Waals surface area (Å²) in [7, 11) is 0. The van der Waals surface area contributed by atoms with Crippen molar-refractivity contribution in [2.24, 2.45) is 0 Å². The number of nitrogens with zero attached hydrogens (tertiary/aromatic N) is 3. The lowest BCUT2D eigenvalue weighted by atomic mass is 10.2. The van der Waals surface area contributed by atoms with E-state index in [0.717, 1.165) is 43.3 Å². The predicted molar refractivity (Wildman–Crippen MR) is 87.7 cm³/mol. The summed E-state index contributed by atoms with van der Waals surface area (Å²) in [5.41, 5.74) is 1.16. The van der Waals surface area contributed by atoms with Gasteiger partial charge in [-0.1, -0.05) is 12.1 Å². The number of hydrogen-bond acceptors (Lipinski definition) is 4. The Morgan fingerprint density at radius 3 is 2.74 bits per heavy atom. The summed E-state index contributed by atoms with van der Waals surface area (Å²) < 4.78 is 13.0. The van der Waals surface area contributed by atoms with Crippen molar-refractivity contribution < 1.29 is 4.39 Å². The second-order valence-corrected chi connectivity index (χ2v) is 6.57. The van der Waals surface area contributed by atoms with Gasteiger partial charge in [0.15, 0.2) is 0 Å². The molecule has 0 bridgehead atoms. The third-order valence-corrected chi connectivity index (χ3v) is 4.56. The van der Waals surface area contributed by atoms with Gasteiger partial charge in [0.05, 0.1) is 0 Å². The molecule has 1 aromatic carbocycles. The van der Waals surface area contributed by atoms with Crippen molar-refractivity contribution in [3.8, 4) is 0 Å². The largest absolute Gasteiger partial charge is 0.366 e. The lowest BCUT2D eigenvalue weighted by Crippen LogP contribution is -2.26. The molecule has 1 saturated carbocycles. The van der Waals surface area contributed by atoms with E-state index in [2.05, 4.69) is 20.2 Å². The van der Waals surface area contributed by atoms with Crippen LogP contribution < -0.4 is 5.32 Å². The van der Waals surface area contributed by atoms with Gasteiger partial charge in [0, 0.05) is 37.8 Å². The molecule has 5 heteroatoms. The zero-order chi connectivity index (χ0) is 15.6. The first-order valence-electron chi connectivity index (χ1n) is 8.32. The molecule has 4 nitrogen and oxygen atoms in total. The highest BCUT2D eigenvalue weighted by Crippen LogP contribution is 2.38. The van der Waals surface area contributed by atoms with E-state index in [0.29, 0.717) is 12.0 Å². The summed E-state index contributed by atoms with van der Waals surface area (Å²) in [4.78, 5) is 11.4. The second kappa shape index (κ2) is 6.24. The van der Waals surface area contributed by atoms with Crippen molar-refractivity contribution in [2.45, 2.75) is 37.8 Å². The van der Waals surface area contributed by atoms with Gasteiger partial charge >= 0.3 is 0 Å². The van der Waals surface area contributed by atoms with Crippen LogP contribution in [-0.2, 0) is 6.54 Å². The van der Waals surface area contributed by atoms with Crippen molar-refractivity contribution in [1.82, 2.24) is 14.9 Å². The fraction of sp³-hybridized carbons (Fsp3) is 0.444. The van der Waals surface area contributed by atoms with E-state index < -0.39 is 0 Å². The molecular formula is C18H21FN4. The van der Waals surface area contributed by atoms with E-state index >= 15 is 0 Å². The number of likely N-dealkylation sites (tertiary alicyclic amines) is 1. The van der Waals surface area contributed by atoms with Crippen LogP contribution in [0.4, 0.5) is 10.2 Å². The molecule has 1 saturated heterocycles. The van der Waals surface area contributed by atoms with Crippen LogP contribution in [0.3, 0.4) is 0 Å². The SMILES string of the molecule is Fc1ccc(CN2CCC(Nc3ccnc(C4CC4)n3)C2)cc1. The summed E-state index contributed by atoms with van der Waals surface area (Å²) in [6.45, 7) is 2.91. The van der Waals surface area contributed by atoms with Crippen LogP contribution in [0.25, 0.3) is 0 Å². The molecule has 1 aliphatic carbocycles. The van der Waals surface area contributed by atoms with Gasteiger partial charge in [-0.15, -0.1) is 0 Å². The van der Waals surface area contributed by atoms with Crippen LogP contribution in [0.15, 0.2) is 36.5 Å². The Balaban J connectivity index is 1.33. The minimum Gasteiger partial charge on any atom is -0.366 e. The molecule has 1 N–H and O–H groups in total. The monoisotopic (exact) mass is 312 g/mol. The lowest BCUT2D eigenvalue weighted by molar-refractivity contribution is 0.328. The number of halogens is 1. The first kappa shape index (κ1) is 14.6. The maximum Gasteiger partial charge on any atom is 0.133 e. The first-order chi connectivity index (χ1) is 11.3. The fourth-order valence-electron chi connectivity index (χ4n) is 3.14. The van der Waals surface area contributed by atoms with E-state index in [1.807, 2.05) is 24.4 Å². The highest BCUT2D eigenvalue weighted by Gasteiger charge is 2.27. The van der Waals surface area contributed by atoms with Crippen molar-refractivity contribution >= 4 is 5.82 Å². The van der Waals surface area contributed by atoms with Crippen LogP contribution in [0.1, 0.15) is 36.6 Å². The average Bonchev–Trinajstić information content (AvgIpc) is 3.32. The molecule has 1 aromatic heterocycles. The maximum absolute atomic E-state index is 13.0. The van der Waals surface area contributed by atoms with Crippen LogP contribution in [0.2, 0.25) is 0 Å². The zero-order valence-electron chi connectivity index (χ0n) is 13.1. The predicted octanol–water partition coefficient (Wildman–Crippen LogP) is 3.18. The van der Waals surface area contributed by atoms with Crippen LogP contribution in [-0.4, -0.2) is 34.0 Å². The minimum absolute atomic E-state index is 0.176. The van der Waals surface area contributed by atoms with E-state index in [1.54, 1.807) is 0 Å². The van der Waals surface area contributed by atoms with Crippen molar-refractivity contribution in [3.63, 3.8) is 0 Å². The zero-order valence-corrected chi connectivity index (χ0v) is 13.1. The van der Waals surface area contributed by atoms with E-state index in [-0.39, 0.29) is 5.82 Å². The van der Waals surface area contributed by atoms with Crippen LogP contribution in [0.5, 0.6) is 0 Å². The molecule has 0 radical (unpaired) electrons. The Labute approximate surface area is 135 Å². The molecule has 2 heterocycles. The Kier molecular flexibility index (Phi) is 3.95. The van der Waals surface area contributed by atoms with E-state index in [9.17, 15) is 4.39 Å². The first-order valence-corrected chi connectivity index (χ1v) is 8.32. The molecule has 1 aliphatic heterocycles. The molecule has 1 unspecified atom stereocenters. The van der Waals surface area contributed by atoms with Crippen LogP contribution in [0, 0.1) is 5.82 Å². The smallest absolute Gasteiger partial charge is 0.133 e. The van der Waals surface area contributed by atoms with Gasteiger partial charge < -0.3 is 5.32 Å². The topological polar surface area (TPSA) is 41.0 Å².